The van der Waals surface area contributed by atoms with Crippen LogP contribution in [0.5, 0.6) is 5.75 Å². The first-order valence-corrected chi connectivity index (χ1v) is 3.96. The standard InChI is InChI=1S/C10H10O2/c1-7-2-3-10-8(6-7)9(11)4-5-12-10/h2-3,6H,4-5H2,1H3/i3T. The molecule has 0 fully saturated rings. The number of fused-ring (bicyclic) bond motifs is 1. The monoisotopic (exact) mass is 164 g/mol. The summed E-state index contributed by atoms with van der Waals surface area (Å²) in [7, 11) is 0. The second kappa shape index (κ2) is 2.63. The van der Waals surface area contributed by atoms with Crippen LogP contribution >= 0.6 is 0 Å². The molecule has 0 unspecified atom stereocenters. The first-order valence-electron chi connectivity index (χ1n) is 4.46. The Hall–Kier alpha value is -1.31. The molecule has 0 N–H and O–H groups in total. The zero-order chi connectivity index (χ0) is 9.42. The zero-order valence-electron chi connectivity index (χ0n) is 7.89. The molecule has 1 aliphatic rings. The minimum Gasteiger partial charge on any atom is -0.492 e. The number of rotatable bonds is 0. The lowest BCUT2D eigenvalue weighted by Gasteiger charge is -2.15. The van der Waals surface area contributed by atoms with Crippen molar-refractivity contribution >= 4 is 5.78 Å². The van der Waals surface area contributed by atoms with E-state index in [4.69, 9.17) is 6.11 Å². The molecule has 62 valence electrons. The molecule has 0 aliphatic carbocycles. The molecule has 0 amide bonds. The summed E-state index contributed by atoms with van der Waals surface area (Å²) in [6.07, 6.45) is 0.426. The summed E-state index contributed by atoms with van der Waals surface area (Å²) in [6.45, 7) is 2.28. The lowest BCUT2D eigenvalue weighted by molar-refractivity contribution is 0.0933. The molecule has 2 nitrogen and oxygen atoms in total. The number of hydrogen-bond donors (Lipinski definition) is 0. The summed E-state index contributed by atoms with van der Waals surface area (Å²) >= 11 is 0. The average Bonchev–Trinajstić information content (AvgIpc) is 2.07. The van der Waals surface area contributed by atoms with E-state index in [1.165, 1.54) is 0 Å². The van der Waals surface area contributed by atoms with E-state index in [1.54, 1.807) is 12.1 Å². The van der Waals surface area contributed by atoms with Gasteiger partial charge >= 0.3 is 0 Å². The molecule has 0 saturated carbocycles. The molecule has 2 rings (SSSR count). The Balaban J connectivity index is 2.63. The molecule has 1 aliphatic heterocycles. The predicted molar refractivity (Wildman–Crippen MR) is 45.6 cm³/mol. The van der Waals surface area contributed by atoms with E-state index >= 15 is 0 Å². The highest BCUT2D eigenvalue weighted by molar-refractivity contribution is 5.99. The van der Waals surface area contributed by atoms with Gasteiger partial charge in [-0.2, -0.15) is 0 Å². The Morgan fingerprint density at radius 3 is 3.33 bits per heavy atom. The molecule has 0 bridgehead atoms. The lowest BCUT2D eigenvalue weighted by Crippen LogP contribution is -2.15. The van der Waals surface area contributed by atoms with Crippen molar-refractivity contribution in [3.05, 3.63) is 29.3 Å². The fraction of sp³-hybridized carbons (Fsp3) is 0.300. The molecule has 1 aromatic carbocycles. The van der Waals surface area contributed by atoms with Crippen LogP contribution in [0.1, 0.15) is 23.7 Å². The molecule has 0 aromatic heterocycles. The minimum absolute atomic E-state index is 0.0819. The van der Waals surface area contributed by atoms with Crippen molar-refractivity contribution in [2.75, 3.05) is 6.61 Å². The highest BCUT2D eigenvalue weighted by Crippen LogP contribution is 2.24. The van der Waals surface area contributed by atoms with Crippen LogP contribution in [0.2, 0.25) is 0 Å². The van der Waals surface area contributed by atoms with Gasteiger partial charge in [-0.15, -0.1) is 0 Å². The van der Waals surface area contributed by atoms with Crippen molar-refractivity contribution in [3.63, 3.8) is 0 Å². The van der Waals surface area contributed by atoms with E-state index in [-0.39, 0.29) is 5.78 Å². The molecule has 1 aromatic rings. The summed E-state index contributed by atoms with van der Waals surface area (Å²) < 4.78 is 12.9. The number of carbonyl (C=O) groups excluding carboxylic acids is 1. The van der Waals surface area contributed by atoms with Crippen LogP contribution in [-0.2, 0) is 0 Å². The first-order chi connectivity index (χ1) is 6.18. The zero-order valence-corrected chi connectivity index (χ0v) is 6.89. The van der Waals surface area contributed by atoms with Crippen molar-refractivity contribution in [1.29, 1.82) is 0 Å². The van der Waals surface area contributed by atoms with Crippen molar-refractivity contribution in [2.24, 2.45) is 0 Å². The van der Waals surface area contributed by atoms with Crippen LogP contribution < -0.4 is 4.74 Å². The summed E-state index contributed by atoms with van der Waals surface area (Å²) in [6, 6.07) is 3.80. The van der Waals surface area contributed by atoms with Gasteiger partial charge in [0.25, 0.3) is 0 Å². The van der Waals surface area contributed by atoms with Gasteiger partial charge in [-0.05, 0) is 19.0 Å². The largest absolute Gasteiger partial charge is 0.492 e. The second-order valence-electron chi connectivity index (χ2n) is 2.94. The van der Waals surface area contributed by atoms with E-state index < -0.39 is 0 Å². The van der Waals surface area contributed by atoms with E-state index in [0.29, 0.717) is 30.4 Å². The Labute approximate surface area is 72.6 Å². The minimum atomic E-state index is 0.0819. The van der Waals surface area contributed by atoms with E-state index in [2.05, 4.69) is 0 Å². The maximum Gasteiger partial charge on any atom is 0.170 e. The van der Waals surface area contributed by atoms with Gasteiger partial charge in [0.05, 0.1) is 13.5 Å². The fourth-order valence-electron chi connectivity index (χ4n) is 1.30. The Morgan fingerprint density at radius 1 is 1.67 bits per heavy atom. The van der Waals surface area contributed by atoms with Crippen LogP contribution in [0, 0.1) is 6.92 Å². The first kappa shape index (κ1) is 6.23. The lowest BCUT2D eigenvalue weighted by atomic mass is 10.0. The topological polar surface area (TPSA) is 26.3 Å². The van der Waals surface area contributed by atoms with Crippen molar-refractivity contribution in [3.8, 4) is 5.75 Å². The van der Waals surface area contributed by atoms with Gasteiger partial charge in [0.1, 0.15) is 5.75 Å². The van der Waals surface area contributed by atoms with Crippen LogP contribution in [0.25, 0.3) is 0 Å². The van der Waals surface area contributed by atoms with Gasteiger partial charge in [-0.25, -0.2) is 0 Å². The van der Waals surface area contributed by atoms with Crippen molar-refractivity contribution in [1.82, 2.24) is 0 Å². The fourth-order valence-corrected chi connectivity index (χ4v) is 1.30. The molecule has 0 radical (unpaired) electrons. The summed E-state index contributed by atoms with van der Waals surface area (Å²) in [4.78, 5) is 11.4. The van der Waals surface area contributed by atoms with Crippen molar-refractivity contribution in [2.45, 2.75) is 13.3 Å². The van der Waals surface area contributed by atoms with Crippen LogP contribution in [0.3, 0.4) is 0 Å². The number of ketones is 1. The maximum atomic E-state index is 11.4. The number of benzene rings is 1. The molecule has 0 atom stereocenters. The predicted octanol–water partition coefficient (Wildman–Crippen LogP) is 1.96. The highest BCUT2D eigenvalue weighted by atomic mass is 16.5. The maximum absolute atomic E-state index is 11.4. The smallest absolute Gasteiger partial charge is 0.170 e. The second-order valence-corrected chi connectivity index (χ2v) is 2.94. The van der Waals surface area contributed by atoms with E-state index in [1.807, 2.05) is 6.92 Å². The third-order valence-electron chi connectivity index (χ3n) is 1.92. The number of ether oxygens (including phenoxy) is 1. The van der Waals surface area contributed by atoms with Crippen LogP contribution in [0.15, 0.2) is 18.2 Å². The number of hydrogen-bond acceptors (Lipinski definition) is 2. The van der Waals surface area contributed by atoms with E-state index in [0.717, 1.165) is 5.56 Å². The van der Waals surface area contributed by atoms with E-state index in [9.17, 15) is 4.79 Å². The van der Waals surface area contributed by atoms with Crippen LogP contribution in [0.4, 0.5) is 0 Å². The molecule has 1 heterocycles. The number of aryl methyl sites for hydroxylation is 1. The quantitative estimate of drug-likeness (QED) is 0.586. The van der Waals surface area contributed by atoms with Gasteiger partial charge in [-0.3, -0.25) is 4.79 Å². The normalized spacial score (nSPS) is 16.4. The molecule has 0 saturated heterocycles. The molecule has 0 spiro atoms. The number of Topliss-reactive ketones (excluding diaryl/α,β-unsaturated/α-hetero) is 1. The van der Waals surface area contributed by atoms with Gasteiger partial charge in [0.15, 0.2) is 5.78 Å². The Kier molecular flexibility index (Phi) is 1.36. The SMILES string of the molecule is [3H]c1cc(C)cc2c1OCCC2=O. The molecule has 2 heteroatoms. The van der Waals surface area contributed by atoms with Gasteiger partial charge < -0.3 is 4.74 Å². The van der Waals surface area contributed by atoms with Gasteiger partial charge in [-0.1, -0.05) is 11.6 Å². The number of carbonyl (C=O) groups is 1. The molecular formula is C10H10O2. The summed E-state index contributed by atoms with van der Waals surface area (Å²) in [5.41, 5.74) is 1.50. The van der Waals surface area contributed by atoms with Crippen molar-refractivity contribution < 1.29 is 10.9 Å². The Morgan fingerprint density at radius 2 is 2.50 bits per heavy atom. The van der Waals surface area contributed by atoms with Crippen LogP contribution in [-0.4, -0.2) is 12.4 Å². The molecular weight excluding hydrogens is 152 g/mol. The Bertz CT molecular complexity index is 371. The van der Waals surface area contributed by atoms with Gasteiger partial charge in [0, 0.05) is 6.42 Å². The molecule has 12 heavy (non-hydrogen) atoms. The average molecular weight is 164 g/mol. The summed E-state index contributed by atoms with van der Waals surface area (Å²) in [5.74, 6) is 0.528. The van der Waals surface area contributed by atoms with Gasteiger partial charge in [0.2, 0.25) is 0 Å². The summed E-state index contributed by atoms with van der Waals surface area (Å²) in [5, 5.41) is 0. The third kappa shape index (κ3) is 1.09. The highest BCUT2D eigenvalue weighted by Gasteiger charge is 2.17. The third-order valence-corrected chi connectivity index (χ3v) is 1.92.